The van der Waals surface area contributed by atoms with Crippen LogP contribution in [0.1, 0.15) is 0 Å². The Kier molecular flexibility index (Phi) is 8.28. The third-order valence-electron chi connectivity index (χ3n) is 6.57. The second-order valence-corrected chi connectivity index (χ2v) is 12.1. The van der Waals surface area contributed by atoms with Gasteiger partial charge in [0.15, 0.2) is 26.1 Å². The number of sulfone groups is 1. The minimum absolute atomic E-state index is 0. The number of carbonyl (C=O) groups excluding carboxylic acids is 1. The number of hydrogen-bond acceptors (Lipinski definition) is 10. The summed E-state index contributed by atoms with van der Waals surface area (Å²) < 4.78 is 34.4. The second kappa shape index (κ2) is 11.2. The molecule has 210 valence electrons. The summed E-state index contributed by atoms with van der Waals surface area (Å²) in [5.74, 6) is -0.353. The molecule has 0 atom stereocenters. The third-order valence-corrected chi connectivity index (χ3v) is 8.74. The third kappa shape index (κ3) is 5.49. The monoisotopic (exact) mass is 597 g/mol. The van der Waals surface area contributed by atoms with E-state index in [9.17, 15) is 22.8 Å². The Hall–Kier alpha value is -3.11. The number of aryl methyl sites for hydroxylation is 1. The van der Waals surface area contributed by atoms with Crippen LogP contribution in [0.4, 0.5) is 5.13 Å². The van der Waals surface area contributed by atoms with Gasteiger partial charge in [-0.2, -0.15) is 0 Å². The van der Waals surface area contributed by atoms with Gasteiger partial charge in [0.25, 0.3) is 5.56 Å². The highest BCUT2D eigenvalue weighted by atomic mass is 35.5. The van der Waals surface area contributed by atoms with Crippen LogP contribution >= 0.6 is 23.7 Å². The average molecular weight is 598 g/mol. The van der Waals surface area contributed by atoms with Crippen LogP contribution in [-0.4, -0.2) is 88.5 Å². The van der Waals surface area contributed by atoms with E-state index >= 15 is 0 Å². The molecule has 0 spiro atoms. The zero-order chi connectivity index (χ0) is 27.2. The van der Waals surface area contributed by atoms with Crippen LogP contribution in [0.15, 0.2) is 39.0 Å². The number of aromatic nitrogens is 5. The van der Waals surface area contributed by atoms with Crippen LogP contribution in [0.5, 0.6) is 0 Å². The normalized spacial score (nSPS) is 14.5. The number of ether oxygens (including phenoxy) is 1. The zero-order valence-electron chi connectivity index (χ0n) is 21.6. The molecule has 5 rings (SSSR count). The van der Waals surface area contributed by atoms with Gasteiger partial charge in [0.1, 0.15) is 12.1 Å². The first-order valence-corrected chi connectivity index (χ1v) is 14.6. The Morgan fingerprint density at radius 3 is 2.56 bits per heavy atom. The van der Waals surface area contributed by atoms with E-state index in [2.05, 4.69) is 14.9 Å². The maximum Gasteiger partial charge on any atom is 0.332 e. The lowest BCUT2D eigenvalue weighted by atomic mass is 10.3. The minimum atomic E-state index is -3.53. The summed E-state index contributed by atoms with van der Waals surface area (Å²) in [6.45, 7) is 3.32. The Balaban J connectivity index is 0.00000353. The standard InChI is InChI=1S/C23H27N7O6S2.ClH/c1-26-20-19(21(32)27(2)23(26)33)29(14-24-20)13-17(31)30(8-7-28-9-11-36-12-10-28)22-25-18-15(37-22)5-4-6-16(18)38(3,34)35;/h4-6,14H,7-13H2,1-3H3;1H. The van der Waals surface area contributed by atoms with Crippen molar-refractivity contribution in [2.75, 3.05) is 50.5 Å². The lowest BCUT2D eigenvalue weighted by Crippen LogP contribution is -2.44. The first-order valence-electron chi connectivity index (χ1n) is 11.9. The summed E-state index contributed by atoms with van der Waals surface area (Å²) in [6.07, 6.45) is 2.49. The number of hydrogen-bond donors (Lipinski definition) is 0. The van der Waals surface area contributed by atoms with Crippen LogP contribution in [0.3, 0.4) is 0 Å². The summed E-state index contributed by atoms with van der Waals surface area (Å²) in [7, 11) is -0.646. The molecule has 1 aromatic carbocycles. The molecule has 0 bridgehead atoms. The molecular formula is C23H28ClN7O6S2. The van der Waals surface area contributed by atoms with Crippen molar-refractivity contribution in [2.45, 2.75) is 11.4 Å². The second-order valence-electron chi connectivity index (χ2n) is 9.12. The lowest BCUT2D eigenvalue weighted by Gasteiger charge is -2.29. The number of thiazole rings is 1. The number of benzene rings is 1. The molecular weight excluding hydrogens is 570 g/mol. The average Bonchev–Trinajstić information content (AvgIpc) is 3.50. The first kappa shape index (κ1) is 28.9. The minimum Gasteiger partial charge on any atom is -0.379 e. The predicted octanol–water partition coefficient (Wildman–Crippen LogP) is 0.234. The number of carbonyl (C=O) groups is 1. The van der Waals surface area contributed by atoms with Crippen LogP contribution in [0.2, 0.25) is 0 Å². The molecule has 0 saturated carbocycles. The molecule has 0 radical (unpaired) electrons. The molecule has 0 N–H and O–H groups in total. The SMILES string of the molecule is Cl.Cn1c(=O)c2c(ncn2CC(=O)N(CCN2CCOCC2)c2nc3c(S(C)(=O)=O)cccc3s2)n(C)c1=O. The summed E-state index contributed by atoms with van der Waals surface area (Å²) in [5, 5.41) is 0.360. The van der Waals surface area contributed by atoms with Gasteiger partial charge < -0.3 is 9.30 Å². The zero-order valence-corrected chi connectivity index (χ0v) is 24.0. The fourth-order valence-electron chi connectivity index (χ4n) is 4.47. The largest absolute Gasteiger partial charge is 0.379 e. The van der Waals surface area contributed by atoms with Crippen LogP contribution in [-0.2, 0) is 40.0 Å². The first-order chi connectivity index (χ1) is 18.1. The summed E-state index contributed by atoms with van der Waals surface area (Å²) in [4.78, 5) is 51.5. The molecule has 39 heavy (non-hydrogen) atoms. The van der Waals surface area contributed by atoms with E-state index in [1.807, 2.05) is 0 Å². The maximum absolute atomic E-state index is 13.7. The van der Waals surface area contributed by atoms with E-state index in [1.54, 1.807) is 12.1 Å². The molecule has 0 unspecified atom stereocenters. The number of rotatable bonds is 7. The van der Waals surface area contributed by atoms with Gasteiger partial charge in [0.05, 0.1) is 29.1 Å². The van der Waals surface area contributed by atoms with Crippen molar-refractivity contribution in [1.29, 1.82) is 0 Å². The van der Waals surface area contributed by atoms with Gasteiger partial charge in [-0.05, 0) is 12.1 Å². The van der Waals surface area contributed by atoms with Gasteiger partial charge in [-0.15, -0.1) is 12.4 Å². The van der Waals surface area contributed by atoms with E-state index in [0.29, 0.717) is 41.7 Å². The molecule has 4 heterocycles. The highest BCUT2D eigenvalue weighted by Gasteiger charge is 2.25. The van der Waals surface area contributed by atoms with Gasteiger partial charge in [-0.25, -0.2) is 23.2 Å². The number of para-hydroxylation sites is 1. The van der Waals surface area contributed by atoms with Crippen molar-refractivity contribution in [3.05, 3.63) is 45.4 Å². The number of fused-ring (bicyclic) bond motifs is 2. The molecule has 1 fully saturated rings. The highest BCUT2D eigenvalue weighted by Crippen LogP contribution is 2.33. The van der Waals surface area contributed by atoms with Gasteiger partial charge in [-0.1, -0.05) is 17.4 Å². The van der Waals surface area contributed by atoms with Crippen molar-refractivity contribution < 1.29 is 17.9 Å². The number of morpholine rings is 1. The molecule has 1 amide bonds. The van der Waals surface area contributed by atoms with E-state index in [1.165, 1.54) is 51.9 Å². The van der Waals surface area contributed by atoms with Crippen LogP contribution in [0, 0.1) is 0 Å². The lowest BCUT2D eigenvalue weighted by molar-refractivity contribution is -0.119. The van der Waals surface area contributed by atoms with Crippen LogP contribution < -0.4 is 16.1 Å². The maximum atomic E-state index is 13.7. The van der Waals surface area contributed by atoms with Crippen molar-refractivity contribution >= 4 is 66.0 Å². The fourth-order valence-corrected chi connectivity index (χ4v) is 6.40. The van der Waals surface area contributed by atoms with Gasteiger partial charge >= 0.3 is 5.69 Å². The Bertz CT molecular complexity index is 1770. The molecule has 0 aliphatic carbocycles. The number of nitrogens with zero attached hydrogens (tertiary/aromatic N) is 7. The molecule has 4 aromatic rings. The fraction of sp³-hybridized carbons (Fsp3) is 0.435. The smallest absolute Gasteiger partial charge is 0.332 e. The van der Waals surface area contributed by atoms with E-state index in [0.717, 1.165) is 23.9 Å². The number of halogens is 1. The number of imidazole rings is 1. The Morgan fingerprint density at radius 1 is 1.15 bits per heavy atom. The summed E-state index contributed by atoms with van der Waals surface area (Å²) >= 11 is 1.23. The van der Waals surface area contributed by atoms with Gasteiger partial charge in [0.2, 0.25) is 5.91 Å². The highest BCUT2D eigenvalue weighted by molar-refractivity contribution is 7.91. The van der Waals surface area contributed by atoms with E-state index in [4.69, 9.17) is 4.74 Å². The molecule has 3 aromatic heterocycles. The van der Waals surface area contributed by atoms with E-state index < -0.39 is 21.1 Å². The molecule has 1 aliphatic rings. The summed E-state index contributed by atoms with van der Waals surface area (Å²) in [5.41, 5.74) is -0.423. The van der Waals surface area contributed by atoms with Crippen molar-refractivity contribution in [3.8, 4) is 0 Å². The quantitative estimate of drug-likeness (QED) is 0.293. The van der Waals surface area contributed by atoms with Gasteiger partial charge in [0, 0.05) is 46.5 Å². The predicted molar refractivity (Wildman–Crippen MR) is 150 cm³/mol. The van der Waals surface area contributed by atoms with Crippen LogP contribution in [0.25, 0.3) is 21.4 Å². The molecule has 16 heteroatoms. The van der Waals surface area contributed by atoms with Crippen molar-refractivity contribution in [3.63, 3.8) is 0 Å². The number of anilines is 1. The van der Waals surface area contributed by atoms with E-state index in [-0.39, 0.29) is 40.9 Å². The summed E-state index contributed by atoms with van der Waals surface area (Å²) in [6, 6.07) is 4.92. The molecule has 1 aliphatic heterocycles. The van der Waals surface area contributed by atoms with Crippen molar-refractivity contribution in [2.24, 2.45) is 14.1 Å². The topological polar surface area (TPSA) is 142 Å². The molecule has 1 saturated heterocycles. The van der Waals surface area contributed by atoms with Crippen molar-refractivity contribution in [1.82, 2.24) is 28.6 Å². The van der Waals surface area contributed by atoms with Gasteiger partial charge in [-0.3, -0.25) is 28.5 Å². The Morgan fingerprint density at radius 2 is 1.87 bits per heavy atom. The Labute approximate surface area is 233 Å². The molecule has 13 nitrogen and oxygen atoms in total. The number of amides is 1.